The molecule has 27 heavy (non-hydrogen) atoms. The zero-order chi connectivity index (χ0) is 19.6. The van der Waals surface area contributed by atoms with Gasteiger partial charge in [-0.15, -0.1) is 0 Å². The molecule has 2 aromatic rings. The molecular formula is C19H17F3N4O. The number of aryl methyl sites for hydroxylation is 1. The largest absolute Gasteiger partial charge is 0.416 e. The highest BCUT2D eigenvalue weighted by Gasteiger charge is 2.31. The number of anilines is 1. The van der Waals surface area contributed by atoms with Crippen molar-refractivity contribution in [2.75, 3.05) is 31.1 Å². The van der Waals surface area contributed by atoms with Gasteiger partial charge in [-0.3, -0.25) is 4.79 Å². The topological polar surface area (TPSA) is 60.2 Å². The number of hydrogen-bond donors (Lipinski definition) is 0. The number of piperazine rings is 1. The Balaban J connectivity index is 1.69. The fourth-order valence-corrected chi connectivity index (χ4v) is 2.96. The third-order valence-corrected chi connectivity index (χ3v) is 4.52. The number of nitriles is 1. The zero-order valence-corrected chi connectivity index (χ0v) is 14.6. The monoisotopic (exact) mass is 374 g/mol. The number of rotatable bonds is 2. The predicted octanol–water partition coefficient (Wildman–Crippen LogP) is 3.24. The van der Waals surface area contributed by atoms with Gasteiger partial charge >= 0.3 is 6.18 Å². The Morgan fingerprint density at radius 3 is 2.48 bits per heavy atom. The molecule has 0 bridgehead atoms. The number of pyridine rings is 1. The van der Waals surface area contributed by atoms with Crippen molar-refractivity contribution in [2.45, 2.75) is 13.1 Å². The number of hydrogen-bond acceptors (Lipinski definition) is 4. The van der Waals surface area contributed by atoms with Crippen LogP contribution < -0.4 is 4.90 Å². The minimum Gasteiger partial charge on any atom is -0.353 e. The van der Waals surface area contributed by atoms with Gasteiger partial charge < -0.3 is 9.80 Å². The lowest BCUT2D eigenvalue weighted by Gasteiger charge is -2.35. The molecule has 1 aromatic carbocycles. The van der Waals surface area contributed by atoms with Crippen LogP contribution in [0.2, 0.25) is 0 Å². The standard InChI is InChI=1S/C19H17F3N4O/c1-13-5-6-17(24-16(13)12-23)25-7-9-26(10-8-25)18(27)14-3-2-4-15(11-14)19(20,21)22/h2-6,11H,7-10H2,1H3. The average molecular weight is 374 g/mol. The molecule has 0 unspecified atom stereocenters. The molecule has 3 rings (SSSR count). The van der Waals surface area contributed by atoms with E-state index in [9.17, 15) is 18.0 Å². The second-order valence-corrected chi connectivity index (χ2v) is 6.30. The van der Waals surface area contributed by atoms with Crippen LogP contribution in [0, 0.1) is 18.3 Å². The van der Waals surface area contributed by atoms with Crippen molar-refractivity contribution < 1.29 is 18.0 Å². The number of nitrogens with zero attached hydrogens (tertiary/aromatic N) is 4. The van der Waals surface area contributed by atoms with Gasteiger partial charge in [0.15, 0.2) is 0 Å². The van der Waals surface area contributed by atoms with Crippen molar-refractivity contribution in [3.8, 4) is 6.07 Å². The van der Waals surface area contributed by atoms with Crippen molar-refractivity contribution in [3.05, 3.63) is 58.8 Å². The van der Waals surface area contributed by atoms with Gasteiger partial charge in [0.1, 0.15) is 17.6 Å². The summed E-state index contributed by atoms with van der Waals surface area (Å²) in [6.45, 7) is 3.53. The van der Waals surface area contributed by atoms with Crippen LogP contribution in [-0.2, 0) is 6.18 Å². The van der Waals surface area contributed by atoms with Crippen LogP contribution in [0.25, 0.3) is 0 Å². The quantitative estimate of drug-likeness (QED) is 0.810. The second kappa shape index (κ2) is 7.27. The van der Waals surface area contributed by atoms with E-state index in [0.717, 1.165) is 17.7 Å². The minimum absolute atomic E-state index is 0.0264. The van der Waals surface area contributed by atoms with E-state index in [0.29, 0.717) is 37.7 Å². The molecule has 0 N–H and O–H groups in total. The lowest BCUT2D eigenvalue weighted by atomic mass is 10.1. The highest BCUT2D eigenvalue weighted by molar-refractivity contribution is 5.94. The van der Waals surface area contributed by atoms with E-state index in [1.807, 2.05) is 23.1 Å². The number of carbonyl (C=O) groups is 1. The summed E-state index contributed by atoms with van der Waals surface area (Å²) >= 11 is 0. The normalized spacial score (nSPS) is 14.8. The molecule has 1 amide bonds. The molecular weight excluding hydrogens is 357 g/mol. The summed E-state index contributed by atoms with van der Waals surface area (Å²) in [7, 11) is 0. The second-order valence-electron chi connectivity index (χ2n) is 6.30. The van der Waals surface area contributed by atoms with E-state index in [1.165, 1.54) is 17.0 Å². The van der Waals surface area contributed by atoms with Crippen LogP contribution in [0.15, 0.2) is 36.4 Å². The maximum atomic E-state index is 12.8. The van der Waals surface area contributed by atoms with E-state index in [2.05, 4.69) is 4.98 Å². The van der Waals surface area contributed by atoms with Crippen LogP contribution in [0.3, 0.4) is 0 Å². The Labute approximate surface area is 154 Å². The molecule has 5 nitrogen and oxygen atoms in total. The van der Waals surface area contributed by atoms with Crippen molar-refractivity contribution >= 4 is 11.7 Å². The van der Waals surface area contributed by atoms with Gasteiger partial charge in [-0.2, -0.15) is 18.4 Å². The van der Waals surface area contributed by atoms with Crippen molar-refractivity contribution in [3.63, 3.8) is 0 Å². The molecule has 1 aromatic heterocycles. The Bertz CT molecular complexity index is 897. The molecule has 1 aliphatic heterocycles. The van der Waals surface area contributed by atoms with Gasteiger partial charge in [0, 0.05) is 31.7 Å². The maximum absolute atomic E-state index is 12.8. The van der Waals surface area contributed by atoms with Gasteiger partial charge in [0.25, 0.3) is 5.91 Å². The SMILES string of the molecule is Cc1ccc(N2CCN(C(=O)c3cccc(C(F)(F)F)c3)CC2)nc1C#N. The van der Waals surface area contributed by atoms with E-state index in [4.69, 9.17) is 5.26 Å². The molecule has 140 valence electrons. The molecule has 2 heterocycles. The fraction of sp³-hybridized carbons (Fsp3) is 0.316. The van der Waals surface area contributed by atoms with Crippen LogP contribution >= 0.6 is 0 Å². The van der Waals surface area contributed by atoms with Crippen LogP contribution in [0.4, 0.5) is 19.0 Å². The number of halogens is 3. The first-order valence-corrected chi connectivity index (χ1v) is 8.39. The summed E-state index contributed by atoms with van der Waals surface area (Å²) in [5.41, 5.74) is 0.341. The Morgan fingerprint density at radius 2 is 1.85 bits per heavy atom. The summed E-state index contributed by atoms with van der Waals surface area (Å²) in [5, 5.41) is 9.10. The zero-order valence-electron chi connectivity index (χ0n) is 14.6. The highest BCUT2D eigenvalue weighted by atomic mass is 19.4. The predicted molar refractivity (Wildman–Crippen MR) is 93.2 cm³/mol. The molecule has 8 heteroatoms. The lowest BCUT2D eigenvalue weighted by Crippen LogP contribution is -2.49. The van der Waals surface area contributed by atoms with Gasteiger partial charge in [0.2, 0.25) is 0 Å². The molecule has 0 radical (unpaired) electrons. The van der Waals surface area contributed by atoms with Gasteiger partial charge in [-0.25, -0.2) is 4.98 Å². The first kappa shape index (κ1) is 18.7. The van der Waals surface area contributed by atoms with Gasteiger partial charge in [0.05, 0.1) is 5.56 Å². The van der Waals surface area contributed by atoms with Crippen LogP contribution in [0.5, 0.6) is 0 Å². The number of alkyl halides is 3. The summed E-state index contributed by atoms with van der Waals surface area (Å²) < 4.78 is 38.5. The van der Waals surface area contributed by atoms with Crippen LogP contribution in [-0.4, -0.2) is 42.0 Å². The first-order valence-electron chi connectivity index (χ1n) is 8.39. The Hall–Kier alpha value is -3.08. The molecule has 0 spiro atoms. The van der Waals surface area contributed by atoms with E-state index >= 15 is 0 Å². The van der Waals surface area contributed by atoms with E-state index in [1.54, 1.807) is 6.92 Å². The van der Waals surface area contributed by atoms with Gasteiger partial charge in [-0.05, 0) is 36.8 Å². The molecule has 1 fully saturated rings. The number of amides is 1. The Kier molecular flexibility index (Phi) is 5.04. The molecule has 0 atom stereocenters. The first-order chi connectivity index (χ1) is 12.8. The van der Waals surface area contributed by atoms with Crippen molar-refractivity contribution in [1.82, 2.24) is 9.88 Å². The smallest absolute Gasteiger partial charge is 0.353 e. The number of carbonyl (C=O) groups excluding carboxylic acids is 1. The summed E-state index contributed by atoms with van der Waals surface area (Å²) in [6, 6.07) is 10.2. The number of aromatic nitrogens is 1. The fourth-order valence-electron chi connectivity index (χ4n) is 2.96. The molecule has 1 aliphatic rings. The lowest BCUT2D eigenvalue weighted by molar-refractivity contribution is -0.137. The highest BCUT2D eigenvalue weighted by Crippen LogP contribution is 2.30. The number of benzene rings is 1. The summed E-state index contributed by atoms with van der Waals surface area (Å²) in [4.78, 5) is 20.4. The third kappa shape index (κ3) is 4.03. The van der Waals surface area contributed by atoms with E-state index in [-0.39, 0.29) is 5.56 Å². The van der Waals surface area contributed by atoms with Gasteiger partial charge in [-0.1, -0.05) is 12.1 Å². The molecule has 0 aliphatic carbocycles. The van der Waals surface area contributed by atoms with E-state index < -0.39 is 17.6 Å². The summed E-state index contributed by atoms with van der Waals surface area (Å²) in [6.07, 6.45) is -4.48. The van der Waals surface area contributed by atoms with Crippen molar-refractivity contribution in [1.29, 1.82) is 5.26 Å². The molecule has 0 saturated carbocycles. The van der Waals surface area contributed by atoms with Crippen LogP contribution in [0.1, 0.15) is 27.2 Å². The third-order valence-electron chi connectivity index (χ3n) is 4.52. The molecule has 1 saturated heterocycles. The maximum Gasteiger partial charge on any atom is 0.416 e. The summed E-state index contributed by atoms with van der Waals surface area (Å²) in [5.74, 6) is 0.235. The average Bonchev–Trinajstić information content (AvgIpc) is 2.67. The minimum atomic E-state index is -4.48. The Morgan fingerprint density at radius 1 is 1.15 bits per heavy atom. The van der Waals surface area contributed by atoms with Crippen molar-refractivity contribution in [2.24, 2.45) is 0 Å².